The van der Waals surface area contributed by atoms with Gasteiger partial charge >= 0.3 is 12.1 Å². The Kier molecular flexibility index (Phi) is 6.04. The summed E-state index contributed by atoms with van der Waals surface area (Å²) in [5, 5.41) is 23.0. The highest BCUT2D eigenvalue weighted by molar-refractivity contribution is 7.13. The number of rotatable bonds is 5. The van der Waals surface area contributed by atoms with Crippen LogP contribution in [0.15, 0.2) is 77.1 Å². The van der Waals surface area contributed by atoms with Gasteiger partial charge in [0.25, 0.3) is 0 Å². The first-order valence-corrected chi connectivity index (χ1v) is 11.8. The molecule has 0 atom stereocenters. The van der Waals surface area contributed by atoms with Crippen LogP contribution in [-0.4, -0.2) is 31.9 Å². The zero-order chi connectivity index (χ0) is 26.3. The summed E-state index contributed by atoms with van der Waals surface area (Å²) in [4.78, 5) is 20.3. The Morgan fingerprint density at radius 1 is 1.08 bits per heavy atom. The van der Waals surface area contributed by atoms with Crippen LogP contribution >= 0.6 is 11.3 Å². The standard InChI is InChI=1S/C27H18F3N3O3S/c1-15-5-7-16(8-6-15)22-14-37-26(32-22)31-13-21-20-10-9-18(27(28,29)30)12-23(20)33(24(21)34)19-4-2-3-17(11-19)25(35)36/h2-14,34H,1H3,(H,35,36)/b31-13+. The topological polar surface area (TPSA) is 87.7 Å². The van der Waals surface area contributed by atoms with Gasteiger partial charge in [-0.15, -0.1) is 11.3 Å². The molecule has 2 heterocycles. The average Bonchev–Trinajstić information content (AvgIpc) is 3.44. The Morgan fingerprint density at radius 3 is 2.54 bits per heavy atom. The number of carboxylic acid groups (broad SMARTS) is 1. The molecule has 0 aliphatic carbocycles. The number of benzene rings is 3. The van der Waals surface area contributed by atoms with Crippen LogP contribution in [0.2, 0.25) is 0 Å². The fourth-order valence-corrected chi connectivity index (χ4v) is 4.61. The summed E-state index contributed by atoms with van der Waals surface area (Å²) in [6, 6.07) is 16.5. The number of aromatic carboxylic acids is 1. The van der Waals surface area contributed by atoms with E-state index in [2.05, 4.69) is 9.98 Å². The van der Waals surface area contributed by atoms with Crippen molar-refractivity contribution in [3.8, 4) is 22.8 Å². The maximum atomic E-state index is 13.5. The molecule has 10 heteroatoms. The number of aromatic hydroxyl groups is 1. The molecule has 0 spiro atoms. The van der Waals surface area contributed by atoms with Crippen LogP contribution in [0.3, 0.4) is 0 Å². The van der Waals surface area contributed by atoms with E-state index < -0.39 is 17.7 Å². The number of alkyl halides is 3. The molecule has 0 aliphatic heterocycles. The summed E-state index contributed by atoms with van der Waals surface area (Å²) >= 11 is 1.28. The molecule has 0 bridgehead atoms. The number of hydrogen-bond acceptors (Lipinski definition) is 5. The molecule has 0 radical (unpaired) electrons. The molecule has 6 nitrogen and oxygen atoms in total. The van der Waals surface area contributed by atoms with Crippen LogP contribution in [0, 0.1) is 6.92 Å². The summed E-state index contributed by atoms with van der Waals surface area (Å²) in [5.41, 5.74) is 2.20. The van der Waals surface area contributed by atoms with E-state index in [-0.39, 0.29) is 28.2 Å². The van der Waals surface area contributed by atoms with Crippen molar-refractivity contribution in [2.24, 2.45) is 4.99 Å². The van der Waals surface area contributed by atoms with Crippen molar-refractivity contribution < 1.29 is 28.2 Å². The molecule has 37 heavy (non-hydrogen) atoms. The maximum absolute atomic E-state index is 13.5. The van der Waals surface area contributed by atoms with Crippen LogP contribution in [-0.2, 0) is 6.18 Å². The van der Waals surface area contributed by atoms with Gasteiger partial charge in [0, 0.05) is 28.2 Å². The second-order valence-electron chi connectivity index (χ2n) is 8.30. The van der Waals surface area contributed by atoms with Gasteiger partial charge in [-0.05, 0) is 37.3 Å². The molecule has 2 N–H and O–H groups in total. The number of thiazole rings is 1. The molecule has 186 valence electrons. The van der Waals surface area contributed by atoms with Gasteiger partial charge < -0.3 is 10.2 Å². The van der Waals surface area contributed by atoms with E-state index in [1.807, 2.05) is 36.6 Å². The Labute approximate surface area is 212 Å². The van der Waals surface area contributed by atoms with Gasteiger partial charge in [-0.2, -0.15) is 13.2 Å². The molecular formula is C27H18F3N3O3S. The normalized spacial score (nSPS) is 12.0. The minimum absolute atomic E-state index is 0.0517. The van der Waals surface area contributed by atoms with Crippen molar-refractivity contribution >= 4 is 39.6 Å². The lowest BCUT2D eigenvalue weighted by Crippen LogP contribution is -2.05. The molecule has 0 fully saturated rings. The van der Waals surface area contributed by atoms with Crippen LogP contribution in [0.5, 0.6) is 5.88 Å². The third-order valence-electron chi connectivity index (χ3n) is 5.80. The van der Waals surface area contributed by atoms with E-state index in [0.717, 1.165) is 29.0 Å². The fraction of sp³-hybridized carbons (Fsp3) is 0.0741. The zero-order valence-corrected chi connectivity index (χ0v) is 20.0. The highest BCUT2D eigenvalue weighted by Crippen LogP contribution is 2.38. The summed E-state index contributed by atoms with van der Waals surface area (Å²) in [6.45, 7) is 1.99. The largest absolute Gasteiger partial charge is 0.494 e. The van der Waals surface area contributed by atoms with E-state index in [1.165, 1.54) is 52.5 Å². The molecule has 5 aromatic rings. The number of aromatic nitrogens is 2. The van der Waals surface area contributed by atoms with Crippen molar-refractivity contribution in [3.63, 3.8) is 0 Å². The Bertz CT molecular complexity index is 1670. The van der Waals surface area contributed by atoms with E-state index in [1.54, 1.807) is 0 Å². The third-order valence-corrected chi connectivity index (χ3v) is 6.55. The summed E-state index contributed by atoms with van der Waals surface area (Å²) in [6.07, 6.45) is -3.26. The van der Waals surface area contributed by atoms with E-state index in [4.69, 9.17) is 0 Å². The predicted molar refractivity (Wildman–Crippen MR) is 136 cm³/mol. The lowest BCUT2D eigenvalue weighted by atomic mass is 10.1. The second kappa shape index (κ2) is 9.21. The second-order valence-corrected chi connectivity index (χ2v) is 9.13. The van der Waals surface area contributed by atoms with Crippen LogP contribution in [0.25, 0.3) is 27.8 Å². The van der Waals surface area contributed by atoms with Crippen molar-refractivity contribution in [2.45, 2.75) is 13.1 Å². The molecular weight excluding hydrogens is 503 g/mol. The highest BCUT2D eigenvalue weighted by Gasteiger charge is 2.31. The number of aryl methyl sites for hydroxylation is 1. The third kappa shape index (κ3) is 4.70. The first-order valence-electron chi connectivity index (χ1n) is 11.0. The number of nitrogens with zero attached hydrogens (tertiary/aromatic N) is 3. The monoisotopic (exact) mass is 521 g/mol. The molecule has 2 aromatic heterocycles. The quantitative estimate of drug-likeness (QED) is 0.239. The number of carboxylic acids is 1. The van der Waals surface area contributed by atoms with Crippen molar-refractivity contribution in [1.82, 2.24) is 9.55 Å². The van der Waals surface area contributed by atoms with Crippen molar-refractivity contribution in [1.29, 1.82) is 0 Å². The molecule has 0 amide bonds. The van der Waals surface area contributed by atoms with Gasteiger partial charge in [-0.1, -0.05) is 42.0 Å². The van der Waals surface area contributed by atoms with Crippen molar-refractivity contribution in [3.05, 3.63) is 94.4 Å². The number of aliphatic imine (C=N–C) groups is 1. The maximum Gasteiger partial charge on any atom is 0.416 e. The number of hydrogen-bond donors (Lipinski definition) is 2. The lowest BCUT2D eigenvalue weighted by molar-refractivity contribution is -0.137. The van der Waals surface area contributed by atoms with E-state index in [0.29, 0.717) is 10.5 Å². The van der Waals surface area contributed by atoms with Gasteiger partial charge in [-0.25, -0.2) is 14.8 Å². The Morgan fingerprint density at radius 2 is 1.84 bits per heavy atom. The van der Waals surface area contributed by atoms with E-state index >= 15 is 0 Å². The molecule has 3 aromatic carbocycles. The molecule has 0 saturated heterocycles. The highest BCUT2D eigenvalue weighted by atomic mass is 32.1. The molecule has 0 unspecified atom stereocenters. The number of carbonyl (C=O) groups is 1. The number of fused-ring (bicyclic) bond motifs is 1. The Balaban J connectivity index is 1.62. The van der Waals surface area contributed by atoms with E-state index in [9.17, 15) is 28.2 Å². The smallest absolute Gasteiger partial charge is 0.416 e. The summed E-state index contributed by atoms with van der Waals surface area (Å²) in [5.74, 6) is -1.58. The number of halogens is 3. The summed E-state index contributed by atoms with van der Waals surface area (Å²) < 4.78 is 41.6. The van der Waals surface area contributed by atoms with Crippen LogP contribution < -0.4 is 0 Å². The van der Waals surface area contributed by atoms with Crippen LogP contribution in [0.4, 0.5) is 18.3 Å². The molecule has 0 aliphatic rings. The minimum Gasteiger partial charge on any atom is -0.494 e. The first-order chi connectivity index (χ1) is 17.6. The van der Waals surface area contributed by atoms with Crippen molar-refractivity contribution in [2.75, 3.05) is 0 Å². The van der Waals surface area contributed by atoms with Gasteiger partial charge in [0.1, 0.15) is 0 Å². The average molecular weight is 522 g/mol. The predicted octanol–water partition coefficient (Wildman–Crippen LogP) is 7.24. The van der Waals surface area contributed by atoms with Gasteiger partial charge in [0.15, 0.2) is 0 Å². The van der Waals surface area contributed by atoms with Gasteiger partial charge in [0.2, 0.25) is 11.0 Å². The molecule has 5 rings (SSSR count). The Hall–Kier alpha value is -4.44. The van der Waals surface area contributed by atoms with Gasteiger partial charge in [-0.3, -0.25) is 4.57 Å². The van der Waals surface area contributed by atoms with Gasteiger partial charge in [0.05, 0.1) is 27.9 Å². The van der Waals surface area contributed by atoms with Crippen LogP contribution in [0.1, 0.15) is 27.0 Å². The molecule has 0 saturated carbocycles. The zero-order valence-electron chi connectivity index (χ0n) is 19.2. The first kappa shape index (κ1) is 24.3. The SMILES string of the molecule is Cc1ccc(-c2csc(/N=C/c3c(O)n(-c4cccc(C(=O)O)c4)c4cc(C(F)(F)F)ccc34)n2)cc1. The minimum atomic E-state index is -4.61. The fourth-order valence-electron chi connectivity index (χ4n) is 3.94. The summed E-state index contributed by atoms with van der Waals surface area (Å²) in [7, 11) is 0. The lowest BCUT2D eigenvalue weighted by Gasteiger charge is -2.10.